The van der Waals surface area contributed by atoms with Crippen LogP contribution in [0.15, 0.2) is 18.2 Å². The molecule has 2 saturated heterocycles. The van der Waals surface area contributed by atoms with E-state index in [1.165, 1.54) is 0 Å². The van der Waals surface area contributed by atoms with Crippen molar-refractivity contribution in [2.24, 2.45) is 0 Å². The molecule has 2 amide bonds. The molecule has 0 saturated carbocycles. The van der Waals surface area contributed by atoms with Gasteiger partial charge in [0.1, 0.15) is 5.60 Å². The van der Waals surface area contributed by atoms with Crippen LogP contribution >= 0.6 is 0 Å². The van der Waals surface area contributed by atoms with Gasteiger partial charge in [-0.25, -0.2) is 4.79 Å². The number of ether oxygens (including phenoxy) is 1. The average Bonchev–Trinajstić information content (AvgIpc) is 3.24. The number of amides is 2. The van der Waals surface area contributed by atoms with Crippen molar-refractivity contribution in [3.8, 4) is 0 Å². The summed E-state index contributed by atoms with van der Waals surface area (Å²) in [6.07, 6.45) is 1.55. The lowest BCUT2D eigenvalue weighted by molar-refractivity contribution is 0.00578. The van der Waals surface area contributed by atoms with Crippen LogP contribution in [0.25, 0.3) is 0 Å². The van der Waals surface area contributed by atoms with Crippen LogP contribution in [-0.2, 0) is 20.6 Å². The first-order valence-electron chi connectivity index (χ1n) is 11.0. The first kappa shape index (κ1) is 23.6. The minimum atomic E-state index is -0.586. The summed E-state index contributed by atoms with van der Waals surface area (Å²) in [5.74, 6) is -0.00520. The molecule has 31 heavy (non-hydrogen) atoms. The lowest BCUT2D eigenvalue weighted by atomic mass is 9.77. The Bertz CT molecular complexity index is 825. The van der Waals surface area contributed by atoms with E-state index in [2.05, 4.69) is 5.32 Å². The van der Waals surface area contributed by atoms with Crippen LogP contribution in [0, 0.1) is 0 Å². The van der Waals surface area contributed by atoms with E-state index in [9.17, 15) is 9.59 Å². The minimum Gasteiger partial charge on any atom is -0.444 e. The molecule has 2 aliphatic rings. The fourth-order valence-corrected chi connectivity index (χ4v) is 3.65. The van der Waals surface area contributed by atoms with Crippen molar-refractivity contribution in [3.63, 3.8) is 0 Å². The van der Waals surface area contributed by atoms with Gasteiger partial charge in [-0.05, 0) is 84.5 Å². The Morgan fingerprint density at radius 2 is 1.65 bits per heavy atom. The predicted octanol–water partition coefficient (Wildman–Crippen LogP) is 3.25. The smallest absolute Gasteiger partial charge is 0.444 e. The second-order valence-electron chi connectivity index (χ2n) is 10.4. The molecule has 0 aromatic heterocycles. The Kier molecular flexibility index (Phi) is 6.45. The molecule has 0 unspecified atom stereocenters. The number of hydrogen-bond donors (Lipinski definition) is 1. The number of carbonyl (C=O) groups excluding carboxylic acids is 2. The van der Waals surface area contributed by atoms with Crippen LogP contribution in [0.4, 0.5) is 4.79 Å². The van der Waals surface area contributed by atoms with Crippen LogP contribution < -0.4 is 10.8 Å². The normalized spacial score (nSPS) is 20.1. The van der Waals surface area contributed by atoms with Gasteiger partial charge in [-0.2, -0.15) is 0 Å². The van der Waals surface area contributed by atoms with E-state index in [0.29, 0.717) is 5.56 Å². The Balaban J connectivity index is 1.86. The fourth-order valence-electron chi connectivity index (χ4n) is 3.65. The highest BCUT2D eigenvalue weighted by Crippen LogP contribution is 2.36. The lowest BCUT2D eigenvalue weighted by Gasteiger charge is -2.32. The predicted molar refractivity (Wildman–Crippen MR) is 120 cm³/mol. The van der Waals surface area contributed by atoms with Crippen LogP contribution in [0.2, 0.25) is 0 Å². The third kappa shape index (κ3) is 5.60. The first-order chi connectivity index (χ1) is 14.3. The number of rotatable bonds is 4. The van der Waals surface area contributed by atoms with E-state index < -0.39 is 30.0 Å². The van der Waals surface area contributed by atoms with Gasteiger partial charge in [0.2, 0.25) is 0 Å². The van der Waals surface area contributed by atoms with Crippen molar-refractivity contribution in [2.45, 2.75) is 84.7 Å². The van der Waals surface area contributed by atoms with Crippen molar-refractivity contribution in [3.05, 3.63) is 29.3 Å². The standard InChI is InChI=1S/C23H35BN2O5/c1-21(2,3)29-20(28)25-15-16-12-17(19(27)26-10-8-9-11-26)14-18(13-16)24-30-22(4,5)23(6,7)31-24/h12-14H,8-11,15H2,1-7H3,(H,25,28). The van der Waals surface area contributed by atoms with Gasteiger partial charge in [-0.1, -0.05) is 6.07 Å². The zero-order valence-corrected chi connectivity index (χ0v) is 19.8. The molecule has 0 bridgehead atoms. The van der Waals surface area contributed by atoms with E-state index in [1.807, 2.05) is 71.6 Å². The molecule has 0 spiro atoms. The van der Waals surface area contributed by atoms with Crippen LogP contribution in [0.1, 0.15) is 77.2 Å². The molecule has 3 rings (SSSR count). The summed E-state index contributed by atoms with van der Waals surface area (Å²) in [4.78, 5) is 27.1. The quantitative estimate of drug-likeness (QED) is 0.743. The lowest BCUT2D eigenvalue weighted by Crippen LogP contribution is -2.41. The monoisotopic (exact) mass is 430 g/mol. The number of benzene rings is 1. The number of nitrogens with one attached hydrogen (secondary N) is 1. The van der Waals surface area contributed by atoms with E-state index in [1.54, 1.807) is 0 Å². The molecule has 2 fully saturated rings. The van der Waals surface area contributed by atoms with Crippen LogP contribution in [-0.4, -0.2) is 53.9 Å². The summed E-state index contributed by atoms with van der Waals surface area (Å²) in [6.45, 7) is 15.2. The fraction of sp³-hybridized carbons (Fsp3) is 0.652. The maximum atomic E-state index is 13.1. The number of likely N-dealkylation sites (tertiary alicyclic amines) is 1. The molecule has 2 aliphatic heterocycles. The third-order valence-corrected chi connectivity index (χ3v) is 6.02. The van der Waals surface area contributed by atoms with E-state index in [-0.39, 0.29) is 12.5 Å². The summed E-state index contributed by atoms with van der Waals surface area (Å²) < 4.78 is 17.7. The molecule has 0 radical (unpaired) electrons. The molecular formula is C23H35BN2O5. The number of nitrogens with zero attached hydrogens (tertiary/aromatic N) is 1. The highest BCUT2D eigenvalue weighted by atomic mass is 16.7. The van der Waals surface area contributed by atoms with Crippen LogP contribution in [0.3, 0.4) is 0 Å². The van der Waals surface area contributed by atoms with Crippen LogP contribution in [0.5, 0.6) is 0 Å². The zero-order chi connectivity index (χ0) is 23.0. The highest BCUT2D eigenvalue weighted by Gasteiger charge is 2.51. The summed E-state index contributed by atoms with van der Waals surface area (Å²) in [7, 11) is -0.586. The van der Waals surface area contributed by atoms with Gasteiger partial charge in [-0.15, -0.1) is 0 Å². The SMILES string of the molecule is CC(C)(C)OC(=O)NCc1cc(B2OC(C)(C)C(C)(C)O2)cc(C(=O)N2CCCC2)c1. The molecule has 7 nitrogen and oxygen atoms in total. The molecule has 1 N–H and O–H groups in total. The number of alkyl carbamates (subject to hydrolysis) is 1. The molecule has 1 aromatic carbocycles. The number of hydrogen-bond acceptors (Lipinski definition) is 5. The Morgan fingerprint density at radius 3 is 2.19 bits per heavy atom. The second-order valence-corrected chi connectivity index (χ2v) is 10.4. The Morgan fingerprint density at radius 1 is 1.06 bits per heavy atom. The van der Waals surface area contributed by atoms with Crippen molar-refractivity contribution in [1.82, 2.24) is 10.2 Å². The molecule has 8 heteroatoms. The van der Waals surface area contributed by atoms with Gasteiger partial charge >= 0.3 is 13.2 Å². The third-order valence-electron chi connectivity index (χ3n) is 6.02. The topological polar surface area (TPSA) is 77.1 Å². The van der Waals surface area contributed by atoms with Crippen molar-refractivity contribution >= 4 is 24.6 Å². The van der Waals surface area contributed by atoms with Gasteiger partial charge in [0, 0.05) is 25.2 Å². The molecule has 170 valence electrons. The Hall–Kier alpha value is -2.06. The summed E-state index contributed by atoms with van der Waals surface area (Å²) >= 11 is 0. The summed E-state index contributed by atoms with van der Waals surface area (Å²) in [5.41, 5.74) is 0.592. The highest BCUT2D eigenvalue weighted by molar-refractivity contribution is 6.62. The van der Waals surface area contributed by atoms with Crippen molar-refractivity contribution in [1.29, 1.82) is 0 Å². The second kappa shape index (κ2) is 8.47. The van der Waals surface area contributed by atoms with Gasteiger partial charge in [0.05, 0.1) is 11.2 Å². The maximum Gasteiger partial charge on any atom is 0.494 e. The summed E-state index contributed by atoms with van der Waals surface area (Å²) in [6, 6.07) is 5.59. The molecule has 0 atom stereocenters. The van der Waals surface area contributed by atoms with Crippen molar-refractivity contribution in [2.75, 3.05) is 13.1 Å². The number of carbonyl (C=O) groups is 2. The van der Waals surface area contributed by atoms with E-state index in [0.717, 1.165) is 37.0 Å². The summed E-state index contributed by atoms with van der Waals surface area (Å²) in [5, 5.41) is 2.77. The van der Waals surface area contributed by atoms with Gasteiger partial charge in [0.15, 0.2) is 0 Å². The largest absolute Gasteiger partial charge is 0.494 e. The minimum absolute atomic E-state index is 0.00520. The van der Waals surface area contributed by atoms with Gasteiger partial charge in [0.25, 0.3) is 5.91 Å². The van der Waals surface area contributed by atoms with Gasteiger partial charge in [-0.3, -0.25) is 4.79 Å². The average molecular weight is 430 g/mol. The van der Waals surface area contributed by atoms with Crippen molar-refractivity contribution < 1.29 is 23.6 Å². The van der Waals surface area contributed by atoms with E-state index >= 15 is 0 Å². The van der Waals surface area contributed by atoms with Gasteiger partial charge < -0.3 is 24.3 Å². The van der Waals surface area contributed by atoms with E-state index in [4.69, 9.17) is 14.0 Å². The maximum absolute atomic E-state index is 13.1. The molecular weight excluding hydrogens is 395 g/mol. The Labute approximate surface area is 185 Å². The molecule has 2 heterocycles. The molecule has 0 aliphatic carbocycles. The zero-order valence-electron chi connectivity index (χ0n) is 19.8. The first-order valence-corrected chi connectivity index (χ1v) is 11.0. The molecule has 1 aromatic rings.